The minimum absolute atomic E-state index is 0.863. The van der Waals surface area contributed by atoms with Crippen LogP contribution < -0.4 is 5.32 Å². The Balaban J connectivity index is 2.35. The van der Waals surface area contributed by atoms with Crippen LogP contribution in [0.4, 0.5) is 5.95 Å². The minimum atomic E-state index is 0.863. The quantitative estimate of drug-likeness (QED) is 0.740. The molecule has 3 nitrogen and oxygen atoms in total. The van der Waals surface area contributed by atoms with Gasteiger partial charge in [-0.05, 0) is 36.8 Å². The van der Waals surface area contributed by atoms with E-state index >= 15 is 0 Å². The molecule has 3 aromatic rings. The number of para-hydroxylation sites is 1. The van der Waals surface area contributed by atoms with Crippen molar-refractivity contribution >= 4 is 17.0 Å². The van der Waals surface area contributed by atoms with Gasteiger partial charge in [0.05, 0.1) is 11.0 Å². The lowest BCUT2D eigenvalue weighted by Crippen LogP contribution is -2.01. The molecular weight excluding hydrogens is 222 g/mol. The molecule has 1 heterocycles. The van der Waals surface area contributed by atoms with E-state index in [1.54, 1.807) is 0 Å². The van der Waals surface area contributed by atoms with Gasteiger partial charge in [-0.3, -0.25) is 4.57 Å². The van der Waals surface area contributed by atoms with Gasteiger partial charge in [-0.1, -0.05) is 24.3 Å². The fourth-order valence-electron chi connectivity index (χ4n) is 2.19. The highest BCUT2D eigenvalue weighted by Crippen LogP contribution is 2.25. The summed E-state index contributed by atoms with van der Waals surface area (Å²) in [6.45, 7) is 2.10. The Kier molecular flexibility index (Phi) is 2.52. The van der Waals surface area contributed by atoms with Crippen molar-refractivity contribution in [2.24, 2.45) is 0 Å². The van der Waals surface area contributed by atoms with E-state index in [0.717, 1.165) is 22.7 Å². The van der Waals surface area contributed by atoms with Gasteiger partial charge < -0.3 is 5.32 Å². The molecule has 3 heteroatoms. The fraction of sp³-hybridized carbons (Fsp3) is 0.133. The Morgan fingerprint density at radius 3 is 2.56 bits per heavy atom. The number of hydrogen-bond acceptors (Lipinski definition) is 2. The number of benzene rings is 2. The molecule has 2 aromatic carbocycles. The first-order valence-corrected chi connectivity index (χ1v) is 6.02. The van der Waals surface area contributed by atoms with E-state index in [9.17, 15) is 0 Å². The Morgan fingerprint density at radius 2 is 1.83 bits per heavy atom. The van der Waals surface area contributed by atoms with Gasteiger partial charge in [-0.2, -0.15) is 0 Å². The zero-order chi connectivity index (χ0) is 12.5. The third-order valence-electron chi connectivity index (χ3n) is 3.05. The zero-order valence-electron chi connectivity index (χ0n) is 10.5. The molecule has 1 N–H and O–H groups in total. The summed E-state index contributed by atoms with van der Waals surface area (Å²) in [6, 6.07) is 16.6. The van der Waals surface area contributed by atoms with Crippen LogP contribution in [-0.4, -0.2) is 16.6 Å². The number of aromatic nitrogens is 2. The fourth-order valence-corrected chi connectivity index (χ4v) is 2.19. The molecule has 0 aliphatic rings. The molecular formula is C15H15N3. The largest absolute Gasteiger partial charge is 0.358 e. The lowest BCUT2D eigenvalue weighted by Gasteiger charge is -2.08. The Bertz CT molecular complexity index is 684. The van der Waals surface area contributed by atoms with Crippen LogP contribution in [0.15, 0.2) is 48.5 Å². The van der Waals surface area contributed by atoms with Gasteiger partial charge in [0.25, 0.3) is 0 Å². The lowest BCUT2D eigenvalue weighted by atomic mass is 10.2. The number of anilines is 1. The van der Waals surface area contributed by atoms with Crippen LogP contribution in [0.3, 0.4) is 0 Å². The summed E-state index contributed by atoms with van der Waals surface area (Å²) < 4.78 is 2.14. The lowest BCUT2D eigenvalue weighted by molar-refractivity contribution is 1.09. The van der Waals surface area contributed by atoms with Crippen molar-refractivity contribution in [3.63, 3.8) is 0 Å². The molecule has 0 saturated carbocycles. The summed E-state index contributed by atoms with van der Waals surface area (Å²) in [5, 5.41) is 3.15. The number of fused-ring (bicyclic) bond motifs is 1. The molecule has 18 heavy (non-hydrogen) atoms. The van der Waals surface area contributed by atoms with E-state index in [4.69, 9.17) is 0 Å². The van der Waals surface area contributed by atoms with Crippen LogP contribution in [0, 0.1) is 6.92 Å². The van der Waals surface area contributed by atoms with Gasteiger partial charge in [-0.25, -0.2) is 4.98 Å². The van der Waals surface area contributed by atoms with Gasteiger partial charge in [0.15, 0.2) is 0 Å². The van der Waals surface area contributed by atoms with Crippen molar-refractivity contribution in [1.82, 2.24) is 9.55 Å². The van der Waals surface area contributed by atoms with Crippen molar-refractivity contribution in [3.05, 3.63) is 54.1 Å². The molecule has 0 spiro atoms. The van der Waals surface area contributed by atoms with Crippen LogP contribution >= 0.6 is 0 Å². The molecule has 0 atom stereocenters. The zero-order valence-corrected chi connectivity index (χ0v) is 10.5. The Hall–Kier alpha value is -2.29. The average molecular weight is 237 g/mol. The maximum absolute atomic E-state index is 4.60. The van der Waals surface area contributed by atoms with Crippen LogP contribution in [0.2, 0.25) is 0 Å². The van der Waals surface area contributed by atoms with Gasteiger partial charge in [0.1, 0.15) is 0 Å². The van der Waals surface area contributed by atoms with Gasteiger partial charge in [0, 0.05) is 12.7 Å². The van der Waals surface area contributed by atoms with Crippen molar-refractivity contribution in [2.45, 2.75) is 6.92 Å². The summed E-state index contributed by atoms with van der Waals surface area (Å²) in [7, 11) is 1.90. The maximum Gasteiger partial charge on any atom is 0.208 e. The first-order chi connectivity index (χ1) is 8.79. The highest BCUT2D eigenvalue weighted by Gasteiger charge is 2.10. The van der Waals surface area contributed by atoms with E-state index in [-0.39, 0.29) is 0 Å². The molecule has 0 unspecified atom stereocenters. The van der Waals surface area contributed by atoms with Crippen molar-refractivity contribution in [2.75, 3.05) is 12.4 Å². The molecule has 0 saturated heterocycles. The van der Waals surface area contributed by atoms with E-state index in [1.165, 1.54) is 5.56 Å². The topological polar surface area (TPSA) is 29.9 Å². The molecule has 0 fully saturated rings. The van der Waals surface area contributed by atoms with Crippen LogP contribution in [-0.2, 0) is 0 Å². The standard InChI is InChI=1S/C15H15N3/c1-11-8-9-13-14(10-11)18(15(16-2)17-13)12-6-4-3-5-7-12/h3-10H,1-2H3,(H,16,17). The third kappa shape index (κ3) is 1.64. The number of rotatable bonds is 2. The molecule has 0 amide bonds. The predicted molar refractivity (Wildman–Crippen MR) is 75.4 cm³/mol. The maximum atomic E-state index is 4.60. The highest BCUT2D eigenvalue weighted by molar-refractivity contribution is 5.81. The van der Waals surface area contributed by atoms with Crippen molar-refractivity contribution < 1.29 is 0 Å². The van der Waals surface area contributed by atoms with Crippen LogP contribution in [0.5, 0.6) is 0 Å². The van der Waals surface area contributed by atoms with Crippen molar-refractivity contribution in [3.8, 4) is 5.69 Å². The molecule has 90 valence electrons. The number of nitrogens with one attached hydrogen (secondary N) is 1. The van der Waals surface area contributed by atoms with Gasteiger partial charge in [-0.15, -0.1) is 0 Å². The number of nitrogens with zero attached hydrogens (tertiary/aromatic N) is 2. The number of imidazole rings is 1. The van der Waals surface area contributed by atoms with E-state index in [1.807, 2.05) is 25.2 Å². The molecule has 0 radical (unpaired) electrons. The molecule has 0 bridgehead atoms. The van der Waals surface area contributed by atoms with Crippen LogP contribution in [0.25, 0.3) is 16.7 Å². The summed E-state index contributed by atoms with van der Waals surface area (Å²) in [6.07, 6.45) is 0. The second-order valence-electron chi connectivity index (χ2n) is 4.35. The summed E-state index contributed by atoms with van der Waals surface area (Å²) >= 11 is 0. The first-order valence-electron chi connectivity index (χ1n) is 6.02. The SMILES string of the molecule is CNc1nc2ccc(C)cc2n1-c1ccccc1. The Morgan fingerprint density at radius 1 is 1.06 bits per heavy atom. The molecule has 0 aliphatic carbocycles. The third-order valence-corrected chi connectivity index (χ3v) is 3.05. The first kappa shape index (κ1) is 10.8. The highest BCUT2D eigenvalue weighted by atomic mass is 15.2. The molecule has 3 rings (SSSR count). The monoisotopic (exact) mass is 237 g/mol. The summed E-state index contributed by atoms with van der Waals surface area (Å²) in [5.74, 6) is 0.863. The summed E-state index contributed by atoms with van der Waals surface area (Å²) in [4.78, 5) is 4.60. The van der Waals surface area contributed by atoms with Crippen LogP contribution in [0.1, 0.15) is 5.56 Å². The summed E-state index contributed by atoms with van der Waals surface area (Å²) in [5.41, 5.74) is 4.50. The Labute approximate surface area is 106 Å². The smallest absolute Gasteiger partial charge is 0.208 e. The van der Waals surface area contributed by atoms with Crippen molar-refractivity contribution in [1.29, 1.82) is 0 Å². The predicted octanol–water partition coefficient (Wildman–Crippen LogP) is 3.38. The molecule has 0 aliphatic heterocycles. The molecule has 1 aromatic heterocycles. The van der Waals surface area contributed by atoms with E-state index in [0.29, 0.717) is 0 Å². The minimum Gasteiger partial charge on any atom is -0.358 e. The van der Waals surface area contributed by atoms with E-state index in [2.05, 4.69) is 52.1 Å². The van der Waals surface area contributed by atoms with Gasteiger partial charge in [0.2, 0.25) is 5.95 Å². The number of aryl methyl sites for hydroxylation is 1. The van der Waals surface area contributed by atoms with E-state index < -0.39 is 0 Å². The normalized spacial score (nSPS) is 10.8. The van der Waals surface area contributed by atoms with Gasteiger partial charge >= 0.3 is 0 Å². The average Bonchev–Trinajstić information content (AvgIpc) is 2.77. The number of hydrogen-bond donors (Lipinski definition) is 1. The second kappa shape index (κ2) is 4.18. The second-order valence-corrected chi connectivity index (χ2v) is 4.35.